The molecule has 0 aliphatic rings. The van der Waals surface area contributed by atoms with E-state index < -0.39 is 0 Å². The molecule has 0 fully saturated rings. The molecule has 0 aliphatic heterocycles. The van der Waals surface area contributed by atoms with E-state index in [4.69, 9.17) is 16.3 Å². The Morgan fingerprint density at radius 2 is 1.72 bits per heavy atom. The first-order chi connectivity index (χ1) is 14.1. The lowest BCUT2D eigenvalue weighted by Gasteiger charge is -2.15. The fraction of sp³-hybridized carbons (Fsp3) is 0.167. The Kier molecular flexibility index (Phi) is 5.63. The quantitative estimate of drug-likeness (QED) is 0.407. The van der Waals surface area contributed by atoms with Gasteiger partial charge in [-0.2, -0.15) is 0 Å². The molecule has 0 amide bonds. The zero-order valence-corrected chi connectivity index (χ0v) is 17.1. The van der Waals surface area contributed by atoms with Gasteiger partial charge >= 0.3 is 0 Å². The number of anilines is 1. The van der Waals surface area contributed by atoms with Crippen molar-refractivity contribution in [2.45, 2.75) is 26.5 Å². The number of ether oxygens (including phenoxy) is 1. The van der Waals surface area contributed by atoms with Crippen LogP contribution in [0.4, 0.5) is 5.95 Å². The molecule has 0 atom stereocenters. The van der Waals surface area contributed by atoms with E-state index >= 15 is 0 Å². The molecule has 1 N–H and O–H groups in total. The third-order valence-electron chi connectivity index (χ3n) is 4.50. The van der Waals surface area contributed by atoms with Gasteiger partial charge in [-0.1, -0.05) is 60.1 Å². The minimum Gasteiger partial charge on any atom is -0.488 e. The summed E-state index contributed by atoms with van der Waals surface area (Å²) in [5.41, 5.74) is 3.76. The first-order valence-electron chi connectivity index (χ1n) is 9.59. The molecule has 0 spiro atoms. The topological polar surface area (TPSA) is 47.0 Å². The number of halogens is 1. The average molecular weight is 404 g/mol. The summed E-state index contributed by atoms with van der Waals surface area (Å²) in [6.07, 6.45) is 1.83. The highest BCUT2D eigenvalue weighted by atomic mass is 35.5. The van der Waals surface area contributed by atoms with Crippen LogP contribution in [0.1, 0.15) is 19.4 Å². The second-order valence-electron chi connectivity index (χ2n) is 7.15. The van der Waals surface area contributed by atoms with Crippen LogP contribution in [0, 0.1) is 0 Å². The van der Waals surface area contributed by atoms with E-state index in [1.54, 1.807) is 0 Å². The van der Waals surface area contributed by atoms with Gasteiger partial charge in [0.2, 0.25) is 5.95 Å². The van der Waals surface area contributed by atoms with E-state index in [-0.39, 0.29) is 6.04 Å². The molecule has 146 valence electrons. The smallest absolute Gasteiger partial charge is 0.223 e. The minimum absolute atomic E-state index is 0.253. The Bertz CT molecular complexity index is 1130. The second kappa shape index (κ2) is 8.50. The molecular weight excluding hydrogens is 382 g/mol. The molecule has 0 unspecified atom stereocenters. The van der Waals surface area contributed by atoms with E-state index in [0.29, 0.717) is 17.6 Å². The number of fused-ring (bicyclic) bond motifs is 1. The fourth-order valence-electron chi connectivity index (χ4n) is 3.13. The van der Waals surface area contributed by atoms with Crippen molar-refractivity contribution in [3.63, 3.8) is 0 Å². The lowest BCUT2D eigenvalue weighted by atomic mass is 10.0. The molecule has 4 rings (SSSR count). The van der Waals surface area contributed by atoms with Crippen LogP contribution >= 0.6 is 11.6 Å². The van der Waals surface area contributed by atoms with E-state index in [2.05, 4.69) is 29.1 Å². The van der Waals surface area contributed by atoms with Gasteiger partial charge in [0, 0.05) is 39.8 Å². The molecule has 0 saturated carbocycles. The van der Waals surface area contributed by atoms with E-state index in [0.717, 1.165) is 33.3 Å². The second-order valence-corrected chi connectivity index (χ2v) is 7.56. The standard InChI is InChI=1S/C24H22ClN3O/c1-16(2)27-24-26-14-18-12-20(19-10-6-7-11-21(19)25)23(13-22(18)28-24)29-15-17-8-4-3-5-9-17/h3-14,16H,15H2,1-2H3,(H,26,27,28). The van der Waals surface area contributed by atoms with Crippen LogP contribution < -0.4 is 10.1 Å². The summed E-state index contributed by atoms with van der Waals surface area (Å²) in [6.45, 7) is 4.58. The Morgan fingerprint density at radius 3 is 2.48 bits per heavy atom. The van der Waals surface area contributed by atoms with Crippen molar-refractivity contribution >= 4 is 28.5 Å². The summed E-state index contributed by atoms with van der Waals surface area (Å²) in [5, 5.41) is 4.85. The molecule has 0 saturated heterocycles. The van der Waals surface area contributed by atoms with Gasteiger partial charge in [-0.05, 0) is 31.5 Å². The van der Waals surface area contributed by atoms with Crippen molar-refractivity contribution in [3.8, 4) is 16.9 Å². The number of benzene rings is 3. The number of rotatable bonds is 6. The lowest BCUT2D eigenvalue weighted by Crippen LogP contribution is -2.12. The SMILES string of the molecule is CC(C)Nc1ncc2cc(-c3ccccc3Cl)c(OCc3ccccc3)cc2n1. The Morgan fingerprint density at radius 1 is 0.966 bits per heavy atom. The van der Waals surface area contributed by atoms with Gasteiger partial charge in [-0.3, -0.25) is 0 Å². The van der Waals surface area contributed by atoms with E-state index in [1.165, 1.54) is 0 Å². The lowest BCUT2D eigenvalue weighted by molar-refractivity contribution is 0.308. The van der Waals surface area contributed by atoms with Crippen LogP contribution in [-0.4, -0.2) is 16.0 Å². The molecule has 1 heterocycles. The molecular formula is C24H22ClN3O. The fourth-order valence-corrected chi connectivity index (χ4v) is 3.37. The number of nitrogens with one attached hydrogen (secondary N) is 1. The average Bonchev–Trinajstić information content (AvgIpc) is 2.72. The summed E-state index contributed by atoms with van der Waals surface area (Å²) in [6, 6.07) is 22.1. The normalized spacial score (nSPS) is 11.0. The highest BCUT2D eigenvalue weighted by Crippen LogP contribution is 2.37. The van der Waals surface area contributed by atoms with Crippen molar-refractivity contribution in [2.75, 3.05) is 5.32 Å². The molecule has 0 radical (unpaired) electrons. The number of hydrogen-bond donors (Lipinski definition) is 1. The Hall–Kier alpha value is -3.11. The van der Waals surface area contributed by atoms with Crippen LogP contribution in [0.2, 0.25) is 5.02 Å². The van der Waals surface area contributed by atoms with Gasteiger partial charge in [0.25, 0.3) is 0 Å². The largest absolute Gasteiger partial charge is 0.488 e. The third kappa shape index (κ3) is 4.49. The van der Waals surface area contributed by atoms with Crippen LogP contribution in [0.15, 0.2) is 72.9 Å². The van der Waals surface area contributed by atoms with Gasteiger partial charge in [0.05, 0.1) is 5.52 Å². The van der Waals surface area contributed by atoms with Crippen molar-refractivity contribution in [1.29, 1.82) is 0 Å². The minimum atomic E-state index is 0.253. The van der Waals surface area contributed by atoms with E-state index in [9.17, 15) is 0 Å². The van der Waals surface area contributed by atoms with Gasteiger partial charge in [0.15, 0.2) is 0 Å². The van der Waals surface area contributed by atoms with Gasteiger partial charge in [-0.15, -0.1) is 0 Å². The monoisotopic (exact) mass is 403 g/mol. The molecule has 29 heavy (non-hydrogen) atoms. The molecule has 0 aliphatic carbocycles. The maximum atomic E-state index is 6.48. The molecule has 3 aromatic carbocycles. The van der Waals surface area contributed by atoms with Gasteiger partial charge < -0.3 is 10.1 Å². The maximum Gasteiger partial charge on any atom is 0.223 e. The molecule has 4 aromatic rings. The number of nitrogens with zero attached hydrogens (tertiary/aromatic N) is 2. The van der Waals surface area contributed by atoms with Gasteiger partial charge in [0.1, 0.15) is 12.4 Å². The first kappa shape index (κ1) is 19.2. The number of hydrogen-bond acceptors (Lipinski definition) is 4. The third-order valence-corrected chi connectivity index (χ3v) is 4.83. The summed E-state index contributed by atoms with van der Waals surface area (Å²) in [5.74, 6) is 1.34. The molecule has 4 nitrogen and oxygen atoms in total. The summed E-state index contributed by atoms with van der Waals surface area (Å²) >= 11 is 6.48. The predicted octanol–water partition coefficient (Wildman–Crippen LogP) is 6.35. The highest BCUT2D eigenvalue weighted by Gasteiger charge is 2.13. The zero-order valence-electron chi connectivity index (χ0n) is 16.4. The van der Waals surface area contributed by atoms with Crippen LogP contribution in [0.5, 0.6) is 5.75 Å². The van der Waals surface area contributed by atoms with Crippen molar-refractivity contribution in [2.24, 2.45) is 0 Å². The zero-order chi connectivity index (χ0) is 20.2. The van der Waals surface area contributed by atoms with Gasteiger partial charge in [-0.25, -0.2) is 9.97 Å². The van der Waals surface area contributed by atoms with Crippen LogP contribution in [-0.2, 0) is 6.61 Å². The highest BCUT2D eigenvalue weighted by molar-refractivity contribution is 6.33. The molecule has 5 heteroatoms. The van der Waals surface area contributed by atoms with Crippen LogP contribution in [0.3, 0.4) is 0 Å². The predicted molar refractivity (Wildman–Crippen MR) is 120 cm³/mol. The summed E-state index contributed by atoms with van der Waals surface area (Å²) in [4.78, 5) is 9.08. The Labute approximate surface area is 175 Å². The molecule has 1 aromatic heterocycles. The van der Waals surface area contributed by atoms with Crippen LogP contribution in [0.25, 0.3) is 22.0 Å². The summed E-state index contributed by atoms with van der Waals surface area (Å²) < 4.78 is 6.22. The first-order valence-corrected chi connectivity index (χ1v) is 9.97. The molecule has 0 bridgehead atoms. The Balaban J connectivity index is 1.79. The van der Waals surface area contributed by atoms with Crippen molar-refractivity contribution in [1.82, 2.24) is 9.97 Å². The summed E-state index contributed by atoms with van der Waals surface area (Å²) in [7, 11) is 0. The van der Waals surface area contributed by atoms with Crippen molar-refractivity contribution < 1.29 is 4.74 Å². The van der Waals surface area contributed by atoms with Crippen molar-refractivity contribution in [3.05, 3.63) is 83.5 Å². The van der Waals surface area contributed by atoms with E-state index in [1.807, 2.05) is 72.9 Å². The number of aromatic nitrogens is 2. The maximum absolute atomic E-state index is 6.48.